The van der Waals surface area contributed by atoms with E-state index < -0.39 is 0 Å². The van der Waals surface area contributed by atoms with Crippen molar-refractivity contribution in [2.45, 2.75) is 20.0 Å². The average Bonchev–Trinajstić information content (AvgIpc) is 3.01. The molecule has 0 bridgehead atoms. The zero-order valence-corrected chi connectivity index (χ0v) is 10.4. The Morgan fingerprint density at radius 2 is 2.11 bits per heavy atom. The van der Waals surface area contributed by atoms with E-state index >= 15 is 0 Å². The molecule has 2 N–H and O–H groups in total. The van der Waals surface area contributed by atoms with Gasteiger partial charge in [0.2, 0.25) is 0 Å². The van der Waals surface area contributed by atoms with Gasteiger partial charge in [-0.15, -0.1) is 0 Å². The molecule has 0 amide bonds. The van der Waals surface area contributed by atoms with Crippen LogP contribution < -0.4 is 10.6 Å². The predicted octanol–water partition coefficient (Wildman–Crippen LogP) is 1.44. The Labute approximate surface area is 105 Å². The number of nitrogens with one attached hydrogen (secondary N) is 2. The number of furan rings is 1. The van der Waals surface area contributed by atoms with Gasteiger partial charge < -0.3 is 19.6 Å². The van der Waals surface area contributed by atoms with Crippen LogP contribution in [0.15, 0.2) is 38.4 Å². The molecule has 96 valence electrons. The third-order valence-corrected chi connectivity index (χ3v) is 2.34. The summed E-state index contributed by atoms with van der Waals surface area (Å²) in [5, 5.41) is 10.1. The second-order valence-electron chi connectivity index (χ2n) is 3.79. The van der Waals surface area contributed by atoms with Gasteiger partial charge >= 0.3 is 0 Å². The number of aryl methyl sites for hydroxylation is 1. The van der Waals surface area contributed by atoms with Gasteiger partial charge in [0.1, 0.15) is 5.76 Å². The fourth-order valence-corrected chi connectivity index (χ4v) is 1.48. The van der Waals surface area contributed by atoms with Crippen LogP contribution in [0.25, 0.3) is 0 Å². The quantitative estimate of drug-likeness (QED) is 0.632. The molecule has 6 heteroatoms. The summed E-state index contributed by atoms with van der Waals surface area (Å²) >= 11 is 0. The molecule has 0 saturated carbocycles. The lowest BCUT2D eigenvalue weighted by molar-refractivity contribution is 0.376. The Balaban J connectivity index is 1.79. The molecule has 0 aliphatic heterocycles. The summed E-state index contributed by atoms with van der Waals surface area (Å²) in [5.74, 6) is 2.31. The lowest BCUT2D eigenvalue weighted by atomic mass is 10.4. The largest absolute Gasteiger partial charge is 0.467 e. The summed E-state index contributed by atoms with van der Waals surface area (Å²) < 4.78 is 10.3. The smallest absolute Gasteiger partial charge is 0.191 e. The van der Waals surface area contributed by atoms with Crippen molar-refractivity contribution in [2.24, 2.45) is 4.99 Å². The summed E-state index contributed by atoms with van der Waals surface area (Å²) in [6.45, 7) is 3.01. The fraction of sp³-hybridized carbons (Fsp3) is 0.333. The van der Waals surface area contributed by atoms with Crippen LogP contribution in [0.4, 0.5) is 0 Å². The van der Waals surface area contributed by atoms with Crippen LogP contribution in [-0.2, 0) is 13.1 Å². The molecule has 18 heavy (non-hydrogen) atoms. The van der Waals surface area contributed by atoms with E-state index in [1.165, 1.54) is 0 Å². The molecule has 0 aliphatic rings. The van der Waals surface area contributed by atoms with E-state index in [0.29, 0.717) is 19.0 Å². The minimum absolute atomic E-state index is 0.540. The van der Waals surface area contributed by atoms with Crippen molar-refractivity contribution in [2.75, 3.05) is 7.05 Å². The van der Waals surface area contributed by atoms with Gasteiger partial charge in [-0.05, 0) is 19.1 Å². The molecule has 0 unspecified atom stereocenters. The molecule has 0 spiro atoms. The highest BCUT2D eigenvalue weighted by atomic mass is 16.5. The molecule has 2 aromatic rings. The standard InChI is InChI=1S/C12H16N4O2/c1-9-6-11(18-16-9)8-15-12(13-2)14-7-10-4-3-5-17-10/h3-6H,7-8H2,1-2H3,(H2,13,14,15). The maximum atomic E-state index is 5.22. The third-order valence-electron chi connectivity index (χ3n) is 2.34. The normalized spacial score (nSPS) is 11.6. The number of nitrogens with zero attached hydrogens (tertiary/aromatic N) is 2. The summed E-state index contributed by atoms with van der Waals surface area (Å²) in [6, 6.07) is 5.64. The van der Waals surface area contributed by atoms with Crippen molar-refractivity contribution in [3.05, 3.63) is 41.7 Å². The minimum Gasteiger partial charge on any atom is -0.467 e. The second-order valence-corrected chi connectivity index (χ2v) is 3.79. The number of aromatic nitrogens is 1. The number of hydrogen-bond acceptors (Lipinski definition) is 4. The van der Waals surface area contributed by atoms with Gasteiger partial charge in [-0.3, -0.25) is 4.99 Å². The van der Waals surface area contributed by atoms with Gasteiger partial charge in [0.25, 0.3) is 0 Å². The fourth-order valence-electron chi connectivity index (χ4n) is 1.48. The summed E-state index contributed by atoms with van der Waals surface area (Å²) in [4.78, 5) is 4.10. The zero-order chi connectivity index (χ0) is 12.8. The highest BCUT2D eigenvalue weighted by Crippen LogP contribution is 2.01. The van der Waals surface area contributed by atoms with Crippen LogP contribution >= 0.6 is 0 Å². The molecular formula is C12H16N4O2. The molecule has 2 heterocycles. The first-order valence-corrected chi connectivity index (χ1v) is 5.67. The molecule has 0 radical (unpaired) electrons. The first-order valence-electron chi connectivity index (χ1n) is 5.67. The first kappa shape index (κ1) is 12.2. The third kappa shape index (κ3) is 3.38. The molecule has 6 nitrogen and oxygen atoms in total. The van der Waals surface area contributed by atoms with E-state index in [9.17, 15) is 0 Å². The lowest BCUT2D eigenvalue weighted by Gasteiger charge is -2.09. The molecule has 0 aromatic carbocycles. The van der Waals surface area contributed by atoms with Gasteiger partial charge in [0, 0.05) is 13.1 Å². The molecule has 0 aliphatic carbocycles. The number of rotatable bonds is 4. The van der Waals surface area contributed by atoms with Crippen LogP contribution in [0.2, 0.25) is 0 Å². The van der Waals surface area contributed by atoms with Crippen molar-refractivity contribution in [3.63, 3.8) is 0 Å². The van der Waals surface area contributed by atoms with E-state index in [1.54, 1.807) is 13.3 Å². The summed E-state index contributed by atoms with van der Waals surface area (Å²) in [6.07, 6.45) is 1.64. The van der Waals surface area contributed by atoms with Gasteiger partial charge in [-0.1, -0.05) is 5.16 Å². The molecule has 0 atom stereocenters. The minimum atomic E-state index is 0.540. The topological polar surface area (TPSA) is 75.6 Å². The van der Waals surface area contributed by atoms with Crippen LogP contribution in [0, 0.1) is 6.92 Å². The van der Waals surface area contributed by atoms with Crippen molar-refractivity contribution in [1.29, 1.82) is 0 Å². The van der Waals surface area contributed by atoms with Crippen LogP contribution in [-0.4, -0.2) is 18.2 Å². The summed E-state index contributed by atoms with van der Waals surface area (Å²) in [7, 11) is 1.71. The monoisotopic (exact) mass is 248 g/mol. The zero-order valence-electron chi connectivity index (χ0n) is 10.4. The van der Waals surface area contributed by atoms with Gasteiger partial charge in [0.15, 0.2) is 11.7 Å². The Bertz CT molecular complexity index is 502. The number of guanidine groups is 1. The van der Waals surface area contributed by atoms with Crippen molar-refractivity contribution in [1.82, 2.24) is 15.8 Å². The molecule has 0 fully saturated rings. The predicted molar refractivity (Wildman–Crippen MR) is 67.0 cm³/mol. The Morgan fingerprint density at radius 1 is 1.33 bits per heavy atom. The number of hydrogen-bond donors (Lipinski definition) is 2. The highest BCUT2D eigenvalue weighted by molar-refractivity contribution is 5.79. The van der Waals surface area contributed by atoms with Gasteiger partial charge in [0.05, 0.1) is 25.0 Å². The summed E-state index contributed by atoms with van der Waals surface area (Å²) in [5.41, 5.74) is 0.866. The maximum absolute atomic E-state index is 5.22. The molecule has 2 aromatic heterocycles. The van der Waals surface area contributed by atoms with E-state index in [4.69, 9.17) is 8.94 Å². The Kier molecular flexibility index (Phi) is 4.01. The van der Waals surface area contributed by atoms with Crippen molar-refractivity contribution >= 4 is 5.96 Å². The van der Waals surface area contributed by atoms with Crippen LogP contribution in [0.1, 0.15) is 17.2 Å². The molecule has 2 rings (SSSR count). The molecule has 0 saturated heterocycles. The highest BCUT2D eigenvalue weighted by Gasteiger charge is 2.03. The maximum Gasteiger partial charge on any atom is 0.191 e. The van der Waals surface area contributed by atoms with E-state index in [1.807, 2.05) is 25.1 Å². The van der Waals surface area contributed by atoms with E-state index in [-0.39, 0.29) is 0 Å². The SMILES string of the molecule is CN=C(NCc1ccco1)NCc1cc(C)no1. The van der Waals surface area contributed by atoms with Crippen molar-refractivity contribution < 1.29 is 8.94 Å². The van der Waals surface area contributed by atoms with Gasteiger partial charge in [-0.2, -0.15) is 0 Å². The van der Waals surface area contributed by atoms with Crippen LogP contribution in [0.3, 0.4) is 0 Å². The average molecular weight is 248 g/mol. The Morgan fingerprint density at radius 3 is 2.67 bits per heavy atom. The van der Waals surface area contributed by atoms with E-state index in [0.717, 1.165) is 17.2 Å². The van der Waals surface area contributed by atoms with Crippen LogP contribution in [0.5, 0.6) is 0 Å². The first-order chi connectivity index (χ1) is 8.78. The molecular weight excluding hydrogens is 232 g/mol. The van der Waals surface area contributed by atoms with E-state index in [2.05, 4.69) is 20.8 Å². The van der Waals surface area contributed by atoms with Crippen molar-refractivity contribution in [3.8, 4) is 0 Å². The van der Waals surface area contributed by atoms with Gasteiger partial charge in [-0.25, -0.2) is 0 Å². The lowest BCUT2D eigenvalue weighted by Crippen LogP contribution is -2.36. The Hall–Kier alpha value is -2.24. The number of aliphatic imine (C=N–C) groups is 1. The second kappa shape index (κ2) is 5.90.